The van der Waals surface area contributed by atoms with Crippen LogP contribution in [-0.2, 0) is 0 Å². The lowest BCUT2D eigenvalue weighted by Gasteiger charge is -2.45. The molecule has 0 radical (unpaired) electrons. The van der Waals surface area contributed by atoms with Crippen molar-refractivity contribution in [3.05, 3.63) is 28.2 Å². The Bertz CT molecular complexity index is 538. The highest BCUT2D eigenvalue weighted by molar-refractivity contribution is 9.10. The second kappa shape index (κ2) is 5.16. The van der Waals surface area contributed by atoms with Crippen LogP contribution in [0, 0.1) is 5.92 Å². The molecule has 1 aromatic rings. The normalized spacial score (nSPS) is 32.6. The van der Waals surface area contributed by atoms with Crippen molar-refractivity contribution in [3.63, 3.8) is 0 Å². The van der Waals surface area contributed by atoms with Crippen molar-refractivity contribution in [3.8, 4) is 5.75 Å². The maximum atomic E-state index is 12.8. The molecule has 1 aliphatic heterocycles. The van der Waals surface area contributed by atoms with Crippen molar-refractivity contribution in [2.24, 2.45) is 11.7 Å². The first-order valence-electron chi connectivity index (χ1n) is 7.10. The fourth-order valence-electron chi connectivity index (χ4n) is 3.47. The Morgan fingerprint density at radius 2 is 1.90 bits per heavy atom. The lowest BCUT2D eigenvalue weighted by atomic mass is 9.73. The van der Waals surface area contributed by atoms with Gasteiger partial charge >= 0.3 is 6.18 Å². The molecule has 6 heteroatoms. The van der Waals surface area contributed by atoms with E-state index in [9.17, 15) is 13.2 Å². The molecule has 116 valence electrons. The second-order valence-electron chi connectivity index (χ2n) is 6.09. The molecule has 1 atom stereocenters. The molecule has 3 rings (SSSR count). The van der Waals surface area contributed by atoms with Crippen LogP contribution in [0.4, 0.5) is 13.2 Å². The molecule has 1 spiro atoms. The molecule has 1 heterocycles. The summed E-state index contributed by atoms with van der Waals surface area (Å²) in [4.78, 5) is 0. The third-order valence-corrected chi connectivity index (χ3v) is 5.15. The van der Waals surface area contributed by atoms with E-state index in [0.29, 0.717) is 25.0 Å². The number of rotatable bonds is 0. The van der Waals surface area contributed by atoms with Crippen LogP contribution in [0.15, 0.2) is 22.7 Å². The molecule has 0 saturated heterocycles. The van der Waals surface area contributed by atoms with Gasteiger partial charge in [0.25, 0.3) is 0 Å². The number of hydrogen-bond donors (Lipinski definition) is 1. The Morgan fingerprint density at radius 3 is 2.52 bits per heavy atom. The highest BCUT2D eigenvalue weighted by Gasteiger charge is 2.49. The molecule has 1 aromatic carbocycles. The molecule has 0 amide bonds. The summed E-state index contributed by atoms with van der Waals surface area (Å²) < 4.78 is 45.4. The SMILES string of the molecule is N[C@H]1CC2(CCC(C(F)(F)F)CC2)Oc2cc(Br)ccc21. The summed E-state index contributed by atoms with van der Waals surface area (Å²) in [6, 6.07) is 5.49. The predicted molar refractivity (Wildman–Crippen MR) is 77.1 cm³/mol. The third kappa shape index (κ3) is 2.93. The lowest BCUT2D eigenvalue weighted by molar-refractivity contribution is -0.191. The first-order valence-corrected chi connectivity index (χ1v) is 7.89. The van der Waals surface area contributed by atoms with Gasteiger partial charge in [0, 0.05) is 22.5 Å². The Morgan fingerprint density at radius 1 is 1.24 bits per heavy atom. The molecule has 21 heavy (non-hydrogen) atoms. The van der Waals surface area contributed by atoms with Crippen molar-refractivity contribution in [1.82, 2.24) is 0 Å². The zero-order valence-corrected chi connectivity index (χ0v) is 13.0. The van der Waals surface area contributed by atoms with Crippen LogP contribution >= 0.6 is 15.9 Å². The van der Waals surface area contributed by atoms with Gasteiger partial charge in [-0.2, -0.15) is 13.2 Å². The molecular formula is C15H17BrF3NO. The Hall–Kier alpha value is -0.750. The number of benzene rings is 1. The van der Waals surface area contributed by atoms with E-state index in [2.05, 4.69) is 15.9 Å². The standard InChI is InChI=1S/C15H17BrF3NO/c16-10-1-2-11-12(20)8-14(21-13(11)7-10)5-3-9(4-6-14)15(17,18)19/h1-2,7,9,12H,3-6,8,20H2/t9?,12-,14?/m0/s1. The fourth-order valence-corrected chi connectivity index (χ4v) is 3.81. The average molecular weight is 364 g/mol. The Kier molecular flexibility index (Phi) is 3.72. The van der Waals surface area contributed by atoms with E-state index >= 15 is 0 Å². The molecule has 2 nitrogen and oxygen atoms in total. The first-order chi connectivity index (χ1) is 9.79. The number of halogens is 4. The fraction of sp³-hybridized carbons (Fsp3) is 0.600. The van der Waals surface area contributed by atoms with Gasteiger partial charge < -0.3 is 10.5 Å². The van der Waals surface area contributed by atoms with Gasteiger partial charge in [-0.3, -0.25) is 0 Å². The summed E-state index contributed by atoms with van der Waals surface area (Å²) in [5.74, 6) is -0.500. The van der Waals surface area contributed by atoms with Gasteiger partial charge in [-0.25, -0.2) is 0 Å². The smallest absolute Gasteiger partial charge is 0.391 e. The van der Waals surface area contributed by atoms with E-state index in [1.807, 2.05) is 18.2 Å². The maximum Gasteiger partial charge on any atom is 0.391 e. The molecule has 0 bridgehead atoms. The van der Waals surface area contributed by atoms with Crippen molar-refractivity contribution in [2.75, 3.05) is 0 Å². The minimum atomic E-state index is -4.10. The number of nitrogens with two attached hydrogens (primary N) is 1. The minimum Gasteiger partial charge on any atom is -0.487 e. The summed E-state index contributed by atoms with van der Waals surface area (Å²) in [5.41, 5.74) is 6.60. The van der Waals surface area contributed by atoms with E-state index in [-0.39, 0.29) is 18.9 Å². The first kappa shape index (κ1) is 15.2. The zero-order chi connectivity index (χ0) is 15.3. The van der Waals surface area contributed by atoms with E-state index in [1.165, 1.54) is 0 Å². The molecule has 1 saturated carbocycles. The molecule has 2 aliphatic rings. The highest BCUT2D eigenvalue weighted by Crippen LogP contribution is 2.49. The van der Waals surface area contributed by atoms with Gasteiger partial charge in [-0.15, -0.1) is 0 Å². The average Bonchev–Trinajstić information content (AvgIpc) is 2.37. The molecule has 0 aromatic heterocycles. The summed E-state index contributed by atoms with van der Waals surface area (Å²) in [6.07, 6.45) is -2.43. The molecule has 1 aliphatic carbocycles. The quantitative estimate of drug-likeness (QED) is 0.723. The minimum absolute atomic E-state index is 0.125. The van der Waals surface area contributed by atoms with Crippen molar-refractivity contribution in [2.45, 2.75) is 49.9 Å². The second-order valence-corrected chi connectivity index (χ2v) is 7.01. The molecule has 2 N–H and O–H groups in total. The van der Waals surface area contributed by atoms with E-state index in [0.717, 1.165) is 10.0 Å². The Balaban J connectivity index is 1.80. The number of ether oxygens (including phenoxy) is 1. The van der Waals surface area contributed by atoms with Gasteiger partial charge in [-0.1, -0.05) is 22.0 Å². The summed E-state index contributed by atoms with van der Waals surface area (Å²) in [6.45, 7) is 0. The van der Waals surface area contributed by atoms with Gasteiger partial charge in [0.15, 0.2) is 0 Å². The highest BCUT2D eigenvalue weighted by atomic mass is 79.9. The van der Waals surface area contributed by atoms with Gasteiger partial charge in [-0.05, 0) is 37.8 Å². The van der Waals surface area contributed by atoms with Crippen LogP contribution in [0.2, 0.25) is 0 Å². The van der Waals surface area contributed by atoms with E-state index in [1.54, 1.807) is 0 Å². The van der Waals surface area contributed by atoms with Crippen molar-refractivity contribution in [1.29, 1.82) is 0 Å². The van der Waals surface area contributed by atoms with Gasteiger partial charge in [0.1, 0.15) is 11.4 Å². The van der Waals surface area contributed by atoms with Crippen molar-refractivity contribution < 1.29 is 17.9 Å². The number of hydrogen-bond acceptors (Lipinski definition) is 2. The molecule has 1 fully saturated rings. The zero-order valence-electron chi connectivity index (χ0n) is 11.4. The topological polar surface area (TPSA) is 35.2 Å². The van der Waals surface area contributed by atoms with Crippen LogP contribution in [0.3, 0.4) is 0 Å². The Labute approximate surface area is 130 Å². The van der Waals surface area contributed by atoms with E-state index < -0.39 is 17.7 Å². The maximum absolute atomic E-state index is 12.8. The van der Waals surface area contributed by atoms with Crippen molar-refractivity contribution >= 4 is 15.9 Å². The van der Waals surface area contributed by atoms with Gasteiger partial charge in [0.05, 0.1) is 5.92 Å². The van der Waals surface area contributed by atoms with Crippen LogP contribution in [0.25, 0.3) is 0 Å². The predicted octanol–water partition coefficient (Wildman–Crippen LogP) is 4.72. The number of fused-ring (bicyclic) bond motifs is 1. The van der Waals surface area contributed by atoms with Crippen LogP contribution in [-0.4, -0.2) is 11.8 Å². The van der Waals surface area contributed by atoms with Gasteiger partial charge in [0.2, 0.25) is 0 Å². The van der Waals surface area contributed by atoms with Crippen LogP contribution in [0.1, 0.15) is 43.7 Å². The van der Waals surface area contributed by atoms with Crippen LogP contribution < -0.4 is 10.5 Å². The largest absolute Gasteiger partial charge is 0.487 e. The summed E-state index contributed by atoms with van der Waals surface area (Å²) in [5, 5.41) is 0. The molecule has 0 unspecified atom stereocenters. The lowest BCUT2D eigenvalue weighted by Crippen LogP contribution is -2.47. The monoisotopic (exact) mass is 363 g/mol. The van der Waals surface area contributed by atoms with E-state index in [4.69, 9.17) is 10.5 Å². The summed E-state index contributed by atoms with van der Waals surface area (Å²) in [7, 11) is 0. The summed E-state index contributed by atoms with van der Waals surface area (Å²) >= 11 is 3.39. The number of alkyl halides is 3. The molecular weight excluding hydrogens is 347 g/mol. The third-order valence-electron chi connectivity index (χ3n) is 4.65. The van der Waals surface area contributed by atoms with Crippen LogP contribution in [0.5, 0.6) is 5.75 Å².